The quantitative estimate of drug-likeness (QED) is 0.495. The Balaban J connectivity index is 1.08. The Labute approximate surface area is 189 Å². The van der Waals surface area contributed by atoms with Crippen molar-refractivity contribution in [1.29, 1.82) is 0 Å². The van der Waals surface area contributed by atoms with Crippen molar-refractivity contribution in [2.75, 3.05) is 5.32 Å². The number of nitrogens with zero attached hydrogens (tertiary/aromatic N) is 3. The summed E-state index contributed by atoms with van der Waals surface area (Å²) < 4.78 is 2.02. The predicted molar refractivity (Wildman–Crippen MR) is 125 cm³/mol. The van der Waals surface area contributed by atoms with Gasteiger partial charge in [-0.25, -0.2) is 5.10 Å². The third kappa shape index (κ3) is 2.74. The summed E-state index contributed by atoms with van der Waals surface area (Å²) in [6.07, 6.45) is 8.87. The van der Waals surface area contributed by atoms with Gasteiger partial charge >= 0.3 is 0 Å². The molecule has 7 rings (SSSR count). The second kappa shape index (κ2) is 6.63. The molecule has 0 radical (unpaired) electrons. The molecule has 164 valence electrons. The van der Waals surface area contributed by atoms with Crippen LogP contribution in [-0.4, -0.2) is 25.9 Å². The molecule has 7 heteroatoms. The van der Waals surface area contributed by atoms with Crippen LogP contribution < -0.4 is 10.9 Å². The fourth-order valence-corrected chi connectivity index (χ4v) is 6.42. The Morgan fingerprint density at radius 1 is 1.06 bits per heavy atom. The number of anilines is 1. The van der Waals surface area contributed by atoms with Crippen LogP contribution >= 0.6 is 0 Å². The second-order valence-corrected chi connectivity index (χ2v) is 9.78. The Morgan fingerprint density at radius 3 is 2.67 bits per heavy atom. The molecule has 4 atom stereocenters. The van der Waals surface area contributed by atoms with E-state index < -0.39 is 0 Å². The number of hydrogen-bond donors (Lipinski definition) is 2. The van der Waals surface area contributed by atoms with Gasteiger partial charge in [0.05, 0.1) is 28.9 Å². The Hall–Kier alpha value is -3.74. The van der Waals surface area contributed by atoms with Gasteiger partial charge in [-0.05, 0) is 61.1 Å². The van der Waals surface area contributed by atoms with Crippen LogP contribution in [0.1, 0.15) is 42.1 Å². The zero-order chi connectivity index (χ0) is 22.2. The van der Waals surface area contributed by atoms with Gasteiger partial charge < -0.3 is 5.32 Å². The Bertz CT molecular complexity index is 1470. The summed E-state index contributed by atoms with van der Waals surface area (Å²) in [5, 5.41) is 15.7. The molecule has 3 saturated carbocycles. The van der Waals surface area contributed by atoms with E-state index in [1.807, 2.05) is 53.3 Å². The predicted octanol–water partition coefficient (Wildman–Crippen LogP) is 4.40. The molecule has 2 aromatic carbocycles. The fourth-order valence-electron chi connectivity index (χ4n) is 6.42. The molecule has 33 heavy (non-hydrogen) atoms. The van der Waals surface area contributed by atoms with Gasteiger partial charge in [-0.15, -0.1) is 0 Å². The minimum atomic E-state index is -0.208. The van der Waals surface area contributed by atoms with Crippen LogP contribution in [0.4, 0.5) is 5.69 Å². The van der Waals surface area contributed by atoms with Crippen molar-refractivity contribution >= 4 is 22.4 Å². The summed E-state index contributed by atoms with van der Waals surface area (Å²) in [7, 11) is 0. The van der Waals surface area contributed by atoms with Gasteiger partial charge in [-0.1, -0.05) is 30.3 Å². The highest BCUT2D eigenvalue weighted by Crippen LogP contribution is 2.78. The molecule has 4 aromatic rings. The van der Waals surface area contributed by atoms with Crippen LogP contribution in [0.2, 0.25) is 0 Å². The van der Waals surface area contributed by atoms with Crippen molar-refractivity contribution < 1.29 is 4.79 Å². The summed E-state index contributed by atoms with van der Waals surface area (Å²) in [5.41, 5.74) is 3.27. The van der Waals surface area contributed by atoms with Gasteiger partial charge in [0.15, 0.2) is 0 Å². The summed E-state index contributed by atoms with van der Waals surface area (Å²) in [6.45, 7) is 0. The van der Waals surface area contributed by atoms with Crippen LogP contribution in [0.15, 0.2) is 65.7 Å². The van der Waals surface area contributed by atoms with E-state index in [2.05, 4.69) is 20.6 Å². The smallest absolute Gasteiger partial charge is 0.272 e. The van der Waals surface area contributed by atoms with Gasteiger partial charge in [-0.2, -0.15) is 10.2 Å². The number of carbonyl (C=O) groups excluding carboxylic acids is 1. The third-order valence-electron chi connectivity index (χ3n) is 8.21. The first-order chi connectivity index (χ1) is 16.1. The van der Waals surface area contributed by atoms with Crippen molar-refractivity contribution in [2.24, 2.45) is 17.3 Å². The minimum Gasteiger partial charge on any atom is -0.322 e. The monoisotopic (exact) mass is 437 g/mol. The third-order valence-corrected chi connectivity index (χ3v) is 8.21. The number of fused-ring (bicyclic) bond motifs is 1. The zero-order valence-electron chi connectivity index (χ0n) is 18.0. The molecule has 3 aliphatic rings. The summed E-state index contributed by atoms with van der Waals surface area (Å²) >= 11 is 0. The van der Waals surface area contributed by atoms with Crippen LogP contribution in [-0.2, 0) is 0 Å². The number of aromatic amines is 1. The standard InChI is InChI=1S/C26H23N5O2/c32-24(16-13-27-31(14-16)22-12-26-11-17(26)7-10-21(22)26)28-18-8-5-15(6-9-18)23-19-3-1-2-4-20(19)25(33)30-29-23/h1-6,8-9,13-14,17,21-22H,7,10-12H2,(H,28,32)(H,30,33). The van der Waals surface area contributed by atoms with Crippen LogP contribution in [0.3, 0.4) is 0 Å². The largest absolute Gasteiger partial charge is 0.322 e. The molecule has 1 amide bonds. The summed E-state index contributed by atoms with van der Waals surface area (Å²) in [5.74, 6) is 1.55. The number of aromatic nitrogens is 4. The van der Waals surface area contributed by atoms with Crippen LogP contribution in [0, 0.1) is 17.3 Å². The Morgan fingerprint density at radius 2 is 1.88 bits per heavy atom. The van der Waals surface area contributed by atoms with Crippen molar-refractivity contribution in [3.05, 3.63) is 76.8 Å². The van der Waals surface area contributed by atoms with E-state index in [1.165, 1.54) is 25.7 Å². The van der Waals surface area contributed by atoms with Crippen molar-refractivity contribution in [3.8, 4) is 11.3 Å². The van der Waals surface area contributed by atoms with Gasteiger partial charge in [0.1, 0.15) is 0 Å². The van der Waals surface area contributed by atoms with E-state index in [0.717, 1.165) is 22.8 Å². The highest BCUT2D eigenvalue weighted by atomic mass is 16.1. The van der Waals surface area contributed by atoms with E-state index in [-0.39, 0.29) is 11.5 Å². The molecular formula is C26H23N5O2. The average Bonchev–Trinajstić information content (AvgIpc) is 3.24. The SMILES string of the molecule is O=C(Nc1ccc(-c2n[nH]c(=O)c3ccccc23)cc1)c1cnn(C2CC34CC3CCC24)c1. The molecule has 2 aromatic heterocycles. The Kier molecular flexibility index (Phi) is 3.78. The van der Waals surface area contributed by atoms with E-state index >= 15 is 0 Å². The number of rotatable bonds is 4. The molecule has 2 N–H and O–H groups in total. The maximum atomic E-state index is 12.8. The number of benzene rings is 2. The zero-order valence-corrected chi connectivity index (χ0v) is 18.0. The van der Waals surface area contributed by atoms with Crippen molar-refractivity contribution in [3.63, 3.8) is 0 Å². The molecular weight excluding hydrogens is 414 g/mol. The number of nitrogens with one attached hydrogen (secondary N) is 2. The van der Waals surface area contributed by atoms with Gasteiger partial charge in [0, 0.05) is 22.8 Å². The van der Waals surface area contributed by atoms with Crippen molar-refractivity contribution in [1.82, 2.24) is 20.0 Å². The number of carbonyl (C=O) groups is 1. The lowest BCUT2D eigenvalue weighted by Gasteiger charge is -2.43. The van der Waals surface area contributed by atoms with Crippen molar-refractivity contribution in [2.45, 2.75) is 31.7 Å². The second-order valence-electron chi connectivity index (χ2n) is 9.78. The highest BCUT2D eigenvalue weighted by Gasteiger charge is 2.71. The normalized spacial score (nSPS) is 27.0. The first kappa shape index (κ1) is 18.8. The molecule has 7 nitrogen and oxygen atoms in total. The summed E-state index contributed by atoms with van der Waals surface area (Å²) in [6, 6.07) is 15.3. The topological polar surface area (TPSA) is 92.7 Å². The van der Waals surface area contributed by atoms with E-state index in [9.17, 15) is 9.59 Å². The molecule has 0 bridgehead atoms. The maximum absolute atomic E-state index is 12.8. The van der Waals surface area contributed by atoms with Crippen LogP contribution in [0.5, 0.6) is 0 Å². The van der Waals surface area contributed by atoms with E-state index in [1.54, 1.807) is 12.3 Å². The van der Waals surface area contributed by atoms with Gasteiger partial charge in [-0.3, -0.25) is 14.3 Å². The van der Waals surface area contributed by atoms with Gasteiger partial charge in [0.2, 0.25) is 0 Å². The molecule has 2 heterocycles. The fraction of sp³-hybridized carbons (Fsp3) is 0.308. The number of H-pyrrole nitrogens is 1. The number of hydrogen-bond acceptors (Lipinski definition) is 4. The number of amides is 1. The molecule has 3 aliphatic carbocycles. The lowest BCUT2D eigenvalue weighted by atomic mass is 9.67. The molecule has 3 fully saturated rings. The lowest BCUT2D eigenvalue weighted by molar-refractivity contribution is 0.0600. The lowest BCUT2D eigenvalue weighted by Crippen LogP contribution is -2.38. The van der Waals surface area contributed by atoms with E-state index in [4.69, 9.17) is 0 Å². The molecule has 0 aliphatic heterocycles. The first-order valence-electron chi connectivity index (χ1n) is 11.6. The average molecular weight is 438 g/mol. The molecule has 0 saturated heterocycles. The molecule has 4 unspecified atom stereocenters. The van der Waals surface area contributed by atoms with Gasteiger partial charge in [0.25, 0.3) is 11.5 Å². The molecule has 1 spiro atoms. The first-order valence-corrected chi connectivity index (χ1v) is 11.6. The van der Waals surface area contributed by atoms with E-state index in [0.29, 0.717) is 33.8 Å². The highest BCUT2D eigenvalue weighted by molar-refractivity contribution is 6.04. The minimum absolute atomic E-state index is 0.161. The summed E-state index contributed by atoms with van der Waals surface area (Å²) in [4.78, 5) is 24.8. The maximum Gasteiger partial charge on any atom is 0.272 e. The van der Waals surface area contributed by atoms with Crippen LogP contribution in [0.25, 0.3) is 22.0 Å².